The molecule has 1 rings (SSSR count). The van der Waals surface area contributed by atoms with Crippen LogP contribution in [0.5, 0.6) is 0 Å². The van der Waals surface area contributed by atoms with Crippen LogP contribution in [0.25, 0.3) is 0 Å². The predicted octanol–water partition coefficient (Wildman–Crippen LogP) is 1.59. The van der Waals surface area contributed by atoms with Crippen LogP contribution in [0.4, 0.5) is 4.79 Å². The fourth-order valence-electron chi connectivity index (χ4n) is 1.18. The first-order valence-electron chi connectivity index (χ1n) is 4.36. The first kappa shape index (κ1) is 10.6. The van der Waals surface area contributed by atoms with E-state index < -0.39 is 12.2 Å². The number of aromatic nitrogens is 2. The number of rotatable bonds is 2. The van der Waals surface area contributed by atoms with Gasteiger partial charge in [-0.3, -0.25) is 0 Å². The van der Waals surface area contributed by atoms with E-state index in [2.05, 4.69) is 9.97 Å². The van der Waals surface area contributed by atoms with Gasteiger partial charge in [0, 0.05) is 17.8 Å². The Morgan fingerprint density at radius 3 is 2.64 bits per heavy atom. The molecule has 78 valence electrons. The molecule has 14 heavy (non-hydrogen) atoms. The van der Waals surface area contributed by atoms with Crippen molar-refractivity contribution in [2.24, 2.45) is 11.1 Å². The van der Waals surface area contributed by atoms with Crippen molar-refractivity contribution in [2.75, 3.05) is 0 Å². The third kappa shape index (κ3) is 2.48. The van der Waals surface area contributed by atoms with E-state index in [-0.39, 0.29) is 5.41 Å². The first-order valence-corrected chi connectivity index (χ1v) is 4.36. The number of ether oxygens (including phenoxy) is 1. The number of carbonyl (C=O) groups excluding carboxylic acids is 1. The minimum atomic E-state index is -0.790. The highest BCUT2D eigenvalue weighted by Crippen LogP contribution is 2.33. The highest BCUT2D eigenvalue weighted by atomic mass is 16.6. The second-order valence-corrected chi connectivity index (χ2v) is 4.16. The normalized spacial score (nSPS) is 13.6. The van der Waals surface area contributed by atoms with Gasteiger partial charge in [0.2, 0.25) is 0 Å². The Kier molecular flexibility index (Phi) is 2.78. The molecule has 0 bridgehead atoms. The van der Waals surface area contributed by atoms with Crippen LogP contribution in [0, 0.1) is 5.41 Å². The molecule has 1 aromatic heterocycles. The molecule has 1 aromatic rings. The summed E-state index contributed by atoms with van der Waals surface area (Å²) in [6, 6.07) is 0. The molecule has 3 N–H and O–H groups in total. The van der Waals surface area contributed by atoms with Crippen molar-refractivity contribution in [1.82, 2.24) is 9.97 Å². The Hall–Kier alpha value is -1.52. The van der Waals surface area contributed by atoms with Crippen molar-refractivity contribution >= 4 is 6.09 Å². The summed E-state index contributed by atoms with van der Waals surface area (Å²) < 4.78 is 5.00. The molecule has 1 heterocycles. The lowest BCUT2D eigenvalue weighted by atomic mass is 9.88. The van der Waals surface area contributed by atoms with Gasteiger partial charge in [0.05, 0.1) is 0 Å². The van der Waals surface area contributed by atoms with Gasteiger partial charge in [-0.05, 0) is 0 Å². The van der Waals surface area contributed by atoms with Crippen LogP contribution < -0.4 is 5.73 Å². The first-order chi connectivity index (χ1) is 6.41. The largest absolute Gasteiger partial charge is 0.438 e. The Morgan fingerprint density at radius 1 is 1.64 bits per heavy atom. The number of nitrogens with one attached hydrogen (secondary N) is 1. The number of hydrogen-bond donors (Lipinski definition) is 2. The lowest BCUT2D eigenvalue weighted by Crippen LogP contribution is -2.27. The minimum Gasteiger partial charge on any atom is -0.438 e. The molecule has 0 aromatic carbocycles. The molecule has 0 saturated carbocycles. The Bertz CT molecular complexity index is 300. The highest BCUT2D eigenvalue weighted by Gasteiger charge is 2.31. The standard InChI is InChI=1S/C9H15N3O2/c1-9(2,3)6(14-8(10)13)7-11-4-5-12-7/h4-6H,1-3H3,(H2,10,13)(H,11,12). The summed E-state index contributed by atoms with van der Waals surface area (Å²) in [7, 11) is 0. The van der Waals surface area contributed by atoms with Gasteiger partial charge < -0.3 is 15.5 Å². The summed E-state index contributed by atoms with van der Waals surface area (Å²) in [6.07, 6.45) is 2.05. The Morgan fingerprint density at radius 2 is 2.29 bits per heavy atom. The summed E-state index contributed by atoms with van der Waals surface area (Å²) in [5.41, 5.74) is 4.75. The monoisotopic (exact) mass is 197 g/mol. The molecular weight excluding hydrogens is 182 g/mol. The quantitative estimate of drug-likeness (QED) is 0.755. The number of aromatic amines is 1. The molecule has 1 atom stereocenters. The third-order valence-electron chi connectivity index (χ3n) is 1.79. The number of carbonyl (C=O) groups is 1. The van der Waals surface area contributed by atoms with Gasteiger partial charge in [-0.1, -0.05) is 20.8 Å². The van der Waals surface area contributed by atoms with Crippen LogP contribution >= 0.6 is 0 Å². The Labute approximate surface area is 82.7 Å². The Balaban J connectivity index is 2.89. The molecule has 0 saturated heterocycles. The maximum atomic E-state index is 10.7. The molecule has 0 aliphatic rings. The van der Waals surface area contributed by atoms with Crippen molar-refractivity contribution in [1.29, 1.82) is 0 Å². The van der Waals surface area contributed by atoms with Gasteiger partial charge in [0.15, 0.2) is 6.10 Å². The number of H-pyrrole nitrogens is 1. The van der Waals surface area contributed by atoms with E-state index in [9.17, 15) is 4.79 Å². The van der Waals surface area contributed by atoms with Crippen molar-refractivity contribution in [3.8, 4) is 0 Å². The summed E-state index contributed by atoms with van der Waals surface area (Å²) in [6.45, 7) is 5.84. The molecule has 5 nitrogen and oxygen atoms in total. The average Bonchev–Trinajstić information content (AvgIpc) is 2.49. The second-order valence-electron chi connectivity index (χ2n) is 4.16. The number of nitrogens with zero attached hydrogens (tertiary/aromatic N) is 1. The molecule has 0 fully saturated rings. The van der Waals surface area contributed by atoms with E-state index in [4.69, 9.17) is 10.5 Å². The summed E-state index contributed by atoms with van der Waals surface area (Å²) in [5, 5.41) is 0. The summed E-state index contributed by atoms with van der Waals surface area (Å²) in [4.78, 5) is 17.7. The van der Waals surface area contributed by atoms with Crippen LogP contribution in [-0.2, 0) is 4.74 Å². The molecule has 0 spiro atoms. The number of primary amides is 1. The van der Waals surface area contributed by atoms with Gasteiger partial charge in [-0.2, -0.15) is 0 Å². The molecule has 1 amide bonds. The van der Waals surface area contributed by atoms with Gasteiger partial charge in [-0.25, -0.2) is 9.78 Å². The number of hydrogen-bond acceptors (Lipinski definition) is 3. The maximum absolute atomic E-state index is 10.7. The molecule has 0 aliphatic carbocycles. The van der Waals surface area contributed by atoms with Gasteiger partial charge in [0.1, 0.15) is 5.82 Å². The second kappa shape index (κ2) is 3.69. The van der Waals surface area contributed by atoms with Gasteiger partial charge in [-0.15, -0.1) is 0 Å². The lowest BCUT2D eigenvalue weighted by Gasteiger charge is -2.27. The molecule has 5 heteroatoms. The van der Waals surface area contributed by atoms with E-state index in [1.165, 1.54) is 0 Å². The topological polar surface area (TPSA) is 81.0 Å². The summed E-state index contributed by atoms with van der Waals surface area (Å²) >= 11 is 0. The van der Waals surface area contributed by atoms with Crippen molar-refractivity contribution < 1.29 is 9.53 Å². The summed E-state index contributed by atoms with van der Waals surface area (Å²) in [5.74, 6) is 0.608. The van der Waals surface area contributed by atoms with Crippen LogP contribution in [-0.4, -0.2) is 16.1 Å². The number of imidazole rings is 1. The molecule has 0 radical (unpaired) electrons. The lowest BCUT2D eigenvalue weighted by molar-refractivity contribution is 0.0306. The van der Waals surface area contributed by atoms with Crippen molar-refractivity contribution in [3.05, 3.63) is 18.2 Å². The van der Waals surface area contributed by atoms with Crippen LogP contribution in [0.15, 0.2) is 12.4 Å². The van der Waals surface area contributed by atoms with Crippen molar-refractivity contribution in [3.63, 3.8) is 0 Å². The minimum absolute atomic E-state index is 0.243. The highest BCUT2D eigenvalue weighted by molar-refractivity contribution is 5.65. The fraction of sp³-hybridized carbons (Fsp3) is 0.556. The van der Waals surface area contributed by atoms with E-state index in [1.54, 1.807) is 12.4 Å². The van der Waals surface area contributed by atoms with Crippen LogP contribution in [0.2, 0.25) is 0 Å². The SMILES string of the molecule is CC(C)(C)C(OC(N)=O)c1ncc[nH]1. The average molecular weight is 197 g/mol. The van der Waals surface area contributed by atoms with Crippen LogP contribution in [0.3, 0.4) is 0 Å². The maximum Gasteiger partial charge on any atom is 0.405 e. The number of nitrogens with two attached hydrogens (primary N) is 1. The fourth-order valence-corrected chi connectivity index (χ4v) is 1.18. The zero-order valence-electron chi connectivity index (χ0n) is 8.57. The predicted molar refractivity (Wildman–Crippen MR) is 51.5 cm³/mol. The van der Waals surface area contributed by atoms with E-state index in [0.717, 1.165) is 0 Å². The van der Waals surface area contributed by atoms with Crippen LogP contribution in [0.1, 0.15) is 32.7 Å². The zero-order valence-corrected chi connectivity index (χ0v) is 8.57. The van der Waals surface area contributed by atoms with E-state index in [1.807, 2.05) is 20.8 Å². The van der Waals surface area contributed by atoms with E-state index >= 15 is 0 Å². The van der Waals surface area contributed by atoms with Gasteiger partial charge in [0.25, 0.3) is 0 Å². The van der Waals surface area contributed by atoms with Crippen molar-refractivity contribution in [2.45, 2.75) is 26.9 Å². The molecule has 0 aliphatic heterocycles. The van der Waals surface area contributed by atoms with E-state index in [0.29, 0.717) is 5.82 Å². The van der Waals surface area contributed by atoms with Gasteiger partial charge >= 0.3 is 6.09 Å². The third-order valence-corrected chi connectivity index (χ3v) is 1.79. The molecular formula is C9H15N3O2. The molecule has 1 unspecified atom stereocenters. The number of amides is 1. The smallest absolute Gasteiger partial charge is 0.405 e. The zero-order chi connectivity index (χ0) is 10.8.